The van der Waals surface area contributed by atoms with Crippen molar-refractivity contribution in [3.05, 3.63) is 48.8 Å². The number of benzene rings is 2. The van der Waals surface area contributed by atoms with Gasteiger partial charge < -0.3 is 30.3 Å². The molecular formula is C21H23N4O6+2. The van der Waals surface area contributed by atoms with Crippen LogP contribution in [-0.2, 0) is 9.59 Å². The SMILES string of the molecule is COc1ccc(O)c(NC(=O)C[N+]2(CC(=O)Nc3cc(OC)ccc3O)C=C[N+]=C2)c1. The second kappa shape index (κ2) is 9.18. The van der Waals surface area contributed by atoms with Gasteiger partial charge in [0.05, 0.1) is 25.6 Å². The topological polar surface area (TPSA) is 131 Å². The van der Waals surface area contributed by atoms with Crippen LogP contribution in [0.1, 0.15) is 0 Å². The second-order valence-corrected chi connectivity index (χ2v) is 6.84. The zero-order chi connectivity index (χ0) is 22.4. The first-order valence-electron chi connectivity index (χ1n) is 9.26. The highest BCUT2D eigenvalue weighted by atomic mass is 16.5. The van der Waals surface area contributed by atoms with Gasteiger partial charge in [0, 0.05) is 12.1 Å². The highest BCUT2D eigenvalue weighted by Crippen LogP contribution is 2.29. The molecule has 0 bridgehead atoms. The van der Waals surface area contributed by atoms with E-state index in [1.165, 1.54) is 51.0 Å². The molecule has 1 aliphatic rings. The predicted molar refractivity (Wildman–Crippen MR) is 114 cm³/mol. The van der Waals surface area contributed by atoms with E-state index in [0.29, 0.717) is 11.5 Å². The van der Waals surface area contributed by atoms with Crippen LogP contribution in [0.15, 0.2) is 48.8 Å². The third-order valence-electron chi connectivity index (χ3n) is 4.58. The van der Waals surface area contributed by atoms with Gasteiger partial charge in [0.15, 0.2) is 19.3 Å². The van der Waals surface area contributed by atoms with Gasteiger partial charge in [-0.1, -0.05) is 0 Å². The number of nitrogens with one attached hydrogen (secondary N) is 2. The first-order chi connectivity index (χ1) is 14.8. The number of methoxy groups -OCH3 is 2. The first-order valence-corrected chi connectivity index (χ1v) is 9.26. The standard InChI is InChI=1S/C21H22N4O6/c1-30-14-3-5-18(26)16(9-14)23-20(28)11-25(8-7-22-13-25)12-21(29)24-17-10-15(31-2)4-6-19(17)27/h3-10,13H,11-12H2,1-2H3,(H3-,23,24,26,27,28,29)/q+1/p+1. The molecule has 4 N–H and O–H groups in total. The Kier molecular flexibility index (Phi) is 6.41. The summed E-state index contributed by atoms with van der Waals surface area (Å²) in [6, 6.07) is 8.92. The Hall–Kier alpha value is -4.05. The molecule has 10 nitrogen and oxygen atoms in total. The third kappa shape index (κ3) is 5.31. The van der Waals surface area contributed by atoms with E-state index in [1.54, 1.807) is 18.3 Å². The zero-order valence-electron chi connectivity index (χ0n) is 17.0. The minimum absolute atomic E-state index is 0.113. The quantitative estimate of drug-likeness (QED) is 0.372. The van der Waals surface area contributed by atoms with Gasteiger partial charge in [0.1, 0.15) is 28.0 Å². The number of carbonyl (C=O) groups is 2. The van der Waals surface area contributed by atoms with E-state index in [4.69, 9.17) is 9.47 Å². The summed E-state index contributed by atoms with van der Waals surface area (Å²) in [5.74, 6) is -0.179. The smallest absolute Gasteiger partial charge is 0.404 e. The molecule has 2 aromatic carbocycles. The Morgan fingerprint density at radius 3 is 1.77 bits per heavy atom. The fourth-order valence-electron chi connectivity index (χ4n) is 3.02. The lowest BCUT2D eigenvalue weighted by atomic mass is 10.2. The molecule has 0 aromatic heterocycles. The molecule has 0 saturated heterocycles. The Labute approximate surface area is 178 Å². The molecule has 0 atom stereocenters. The van der Waals surface area contributed by atoms with Crippen molar-refractivity contribution >= 4 is 29.5 Å². The lowest BCUT2D eigenvalue weighted by Gasteiger charge is -2.22. The normalized spacial score (nSPS) is 13.6. The van der Waals surface area contributed by atoms with Crippen molar-refractivity contribution in [1.29, 1.82) is 0 Å². The minimum Gasteiger partial charge on any atom is -0.506 e. The summed E-state index contributed by atoms with van der Waals surface area (Å²) in [4.78, 5) is 29.3. The van der Waals surface area contributed by atoms with Crippen LogP contribution < -0.4 is 25.1 Å². The first kappa shape index (κ1) is 21.7. The molecule has 0 spiro atoms. The fourth-order valence-corrected chi connectivity index (χ4v) is 3.02. The maximum atomic E-state index is 12.6. The summed E-state index contributed by atoms with van der Waals surface area (Å²) in [7, 11) is 2.95. The number of phenolic OH excluding ortho intramolecular Hbond substituents is 2. The predicted octanol–water partition coefficient (Wildman–Crippen LogP) is 1.36. The van der Waals surface area contributed by atoms with E-state index < -0.39 is 11.8 Å². The maximum absolute atomic E-state index is 12.6. The number of anilines is 2. The number of hydrogen-bond acceptors (Lipinski definition) is 7. The van der Waals surface area contributed by atoms with E-state index in [9.17, 15) is 19.8 Å². The van der Waals surface area contributed by atoms with Gasteiger partial charge in [-0.15, -0.1) is 0 Å². The Balaban J connectivity index is 1.70. The number of phenols is 2. The zero-order valence-corrected chi connectivity index (χ0v) is 17.0. The van der Waals surface area contributed by atoms with Crippen molar-refractivity contribution in [1.82, 2.24) is 4.99 Å². The van der Waals surface area contributed by atoms with Crippen LogP contribution in [-0.4, -0.2) is 60.2 Å². The number of amides is 2. The summed E-state index contributed by atoms with van der Waals surface area (Å²) in [5, 5.41) is 25.2. The van der Waals surface area contributed by atoms with Gasteiger partial charge in [0.25, 0.3) is 11.8 Å². The largest absolute Gasteiger partial charge is 0.506 e. The van der Waals surface area contributed by atoms with E-state index in [0.717, 1.165) is 0 Å². The molecule has 2 amide bonds. The lowest BCUT2D eigenvalue weighted by Crippen LogP contribution is -2.50. The van der Waals surface area contributed by atoms with Crippen LogP contribution in [0.5, 0.6) is 23.0 Å². The average Bonchev–Trinajstić information content (AvgIpc) is 3.18. The van der Waals surface area contributed by atoms with Gasteiger partial charge in [-0.3, -0.25) is 9.59 Å². The molecule has 0 saturated carbocycles. The number of hydrogen-bond donors (Lipinski definition) is 4. The summed E-state index contributed by atoms with van der Waals surface area (Å²) >= 11 is 0. The minimum atomic E-state index is -0.446. The van der Waals surface area contributed by atoms with Crippen LogP contribution >= 0.6 is 0 Å². The van der Waals surface area contributed by atoms with Crippen molar-refractivity contribution in [2.45, 2.75) is 0 Å². The van der Waals surface area contributed by atoms with Crippen LogP contribution in [0, 0.1) is 0 Å². The highest BCUT2D eigenvalue weighted by molar-refractivity contribution is 5.96. The van der Waals surface area contributed by atoms with Crippen molar-refractivity contribution in [3.63, 3.8) is 0 Å². The van der Waals surface area contributed by atoms with E-state index in [-0.39, 0.29) is 40.4 Å². The molecule has 31 heavy (non-hydrogen) atoms. The lowest BCUT2D eigenvalue weighted by molar-refractivity contribution is -0.760. The van der Waals surface area contributed by atoms with Gasteiger partial charge in [0.2, 0.25) is 0 Å². The third-order valence-corrected chi connectivity index (χ3v) is 4.58. The van der Waals surface area contributed by atoms with Crippen LogP contribution in [0.25, 0.3) is 0 Å². The molecule has 1 heterocycles. The van der Waals surface area contributed by atoms with Gasteiger partial charge >= 0.3 is 12.5 Å². The van der Waals surface area contributed by atoms with Gasteiger partial charge in [-0.25, -0.2) is 0 Å². The van der Waals surface area contributed by atoms with Gasteiger partial charge in [-0.05, 0) is 24.3 Å². The highest BCUT2D eigenvalue weighted by Gasteiger charge is 2.38. The Morgan fingerprint density at radius 1 is 0.903 bits per heavy atom. The molecule has 0 aliphatic carbocycles. The molecule has 10 heteroatoms. The maximum Gasteiger partial charge on any atom is 0.404 e. The number of carbonyl (C=O) groups excluding carboxylic acids is 2. The molecule has 1 radical (unpaired) electrons. The number of ether oxygens (including phenoxy) is 2. The summed E-state index contributed by atoms with van der Waals surface area (Å²) < 4.78 is 10.0. The Morgan fingerprint density at radius 2 is 1.39 bits per heavy atom. The molecule has 0 fully saturated rings. The van der Waals surface area contributed by atoms with Crippen LogP contribution in [0.2, 0.25) is 0 Å². The molecule has 3 rings (SSSR count). The molecule has 0 unspecified atom stereocenters. The van der Waals surface area contributed by atoms with E-state index >= 15 is 0 Å². The van der Waals surface area contributed by atoms with Gasteiger partial charge in [-0.2, -0.15) is 4.48 Å². The average molecular weight is 427 g/mol. The number of aliphatic imine (C=N–C) groups is 1. The monoisotopic (exact) mass is 427 g/mol. The summed E-state index contributed by atoms with van der Waals surface area (Å²) in [5.41, 5.74) is 0.377. The molecular weight excluding hydrogens is 404 g/mol. The van der Waals surface area contributed by atoms with Crippen LogP contribution in [0.3, 0.4) is 0 Å². The molecule has 1 aliphatic heterocycles. The van der Waals surface area contributed by atoms with Crippen molar-refractivity contribution in [2.75, 3.05) is 37.9 Å². The fraction of sp³-hybridized carbons (Fsp3) is 0.190. The molecule has 2 aromatic rings. The summed E-state index contributed by atoms with van der Waals surface area (Å²) in [6.45, 7) is -0.289. The van der Waals surface area contributed by atoms with E-state index in [2.05, 4.69) is 15.6 Å². The second-order valence-electron chi connectivity index (χ2n) is 6.84. The summed E-state index contributed by atoms with van der Waals surface area (Å²) in [6.07, 6.45) is 4.57. The van der Waals surface area contributed by atoms with Crippen molar-refractivity contribution < 1.29 is 33.8 Å². The van der Waals surface area contributed by atoms with Crippen molar-refractivity contribution in [3.8, 4) is 23.0 Å². The number of nitrogens with zero attached hydrogens (tertiary/aromatic N) is 2. The van der Waals surface area contributed by atoms with Crippen LogP contribution in [0.4, 0.5) is 11.4 Å². The molecule has 161 valence electrons. The Bertz CT molecular complexity index is 967. The van der Waals surface area contributed by atoms with E-state index in [1.807, 2.05) is 0 Å². The van der Waals surface area contributed by atoms with Crippen molar-refractivity contribution in [2.24, 2.45) is 0 Å². The number of aromatic hydroxyl groups is 2. The number of quaternary nitrogens is 1. The number of rotatable bonds is 8.